The number of likely N-dealkylation sites (tertiary alicyclic amines) is 1. The molecular weight excluding hydrogens is 318 g/mol. The second-order valence-electron chi connectivity index (χ2n) is 5.36. The highest BCUT2D eigenvalue weighted by atomic mass is 32.1. The molecule has 5 nitrogen and oxygen atoms in total. The predicted molar refractivity (Wildman–Crippen MR) is 88.2 cm³/mol. The van der Waals surface area contributed by atoms with Crippen LogP contribution < -0.4 is 5.32 Å². The molecule has 2 amide bonds. The van der Waals surface area contributed by atoms with E-state index in [0.717, 1.165) is 23.5 Å². The Bertz CT molecular complexity index is 666. The van der Waals surface area contributed by atoms with Crippen LogP contribution in [0.4, 0.5) is 0 Å². The van der Waals surface area contributed by atoms with Crippen LogP contribution in [0.3, 0.4) is 0 Å². The zero-order valence-electron chi connectivity index (χ0n) is 12.2. The molecule has 0 saturated carbocycles. The summed E-state index contributed by atoms with van der Waals surface area (Å²) >= 11 is 3.00. The molecule has 2 aromatic rings. The van der Waals surface area contributed by atoms with Crippen molar-refractivity contribution in [3.8, 4) is 10.6 Å². The lowest BCUT2D eigenvalue weighted by Gasteiger charge is -2.21. The van der Waals surface area contributed by atoms with E-state index >= 15 is 0 Å². The van der Waals surface area contributed by atoms with Crippen molar-refractivity contribution in [2.75, 3.05) is 13.1 Å². The van der Waals surface area contributed by atoms with Gasteiger partial charge in [0.1, 0.15) is 9.88 Å². The topological polar surface area (TPSA) is 62.3 Å². The van der Waals surface area contributed by atoms with E-state index in [1.807, 2.05) is 28.7 Å². The molecule has 116 valence electrons. The van der Waals surface area contributed by atoms with Crippen LogP contribution in [0.1, 0.15) is 29.4 Å². The van der Waals surface area contributed by atoms with E-state index < -0.39 is 0 Å². The lowest BCUT2D eigenvalue weighted by Crippen LogP contribution is -2.42. The molecule has 2 aromatic heterocycles. The minimum absolute atomic E-state index is 0.0683. The Balaban J connectivity index is 1.58. The van der Waals surface area contributed by atoms with Crippen LogP contribution in [0.25, 0.3) is 10.6 Å². The van der Waals surface area contributed by atoms with E-state index in [1.54, 1.807) is 17.5 Å². The summed E-state index contributed by atoms with van der Waals surface area (Å²) in [5.41, 5.74) is 1.05. The second kappa shape index (κ2) is 6.58. The van der Waals surface area contributed by atoms with E-state index in [4.69, 9.17) is 0 Å². The van der Waals surface area contributed by atoms with Crippen molar-refractivity contribution in [2.24, 2.45) is 0 Å². The molecule has 3 rings (SSSR count). The maximum atomic E-state index is 12.3. The lowest BCUT2D eigenvalue weighted by molar-refractivity contribution is -0.127. The smallest absolute Gasteiger partial charge is 0.263 e. The maximum Gasteiger partial charge on any atom is 0.263 e. The molecule has 1 aliphatic rings. The van der Waals surface area contributed by atoms with Crippen LogP contribution in [0.2, 0.25) is 0 Å². The van der Waals surface area contributed by atoms with Gasteiger partial charge in [0, 0.05) is 36.5 Å². The number of hydrogen-bond acceptors (Lipinski definition) is 5. The van der Waals surface area contributed by atoms with Gasteiger partial charge in [-0.25, -0.2) is 4.98 Å². The Labute approximate surface area is 137 Å². The monoisotopic (exact) mass is 335 g/mol. The summed E-state index contributed by atoms with van der Waals surface area (Å²) in [4.78, 5) is 30.6. The van der Waals surface area contributed by atoms with Crippen LogP contribution in [-0.4, -0.2) is 40.8 Å². The number of rotatable bonds is 5. The number of thiazole rings is 1. The Hall–Kier alpha value is -1.73. The molecule has 1 saturated heterocycles. The molecule has 0 aliphatic carbocycles. The van der Waals surface area contributed by atoms with Crippen molar-refractivity contribution < 1.29 is 9.59 Å². The number of carbonyl (C=O) groups excluding carboxylic acids is 2. The summed E-state index contributed by atoms with van der Waals surface area (Å²) in [6, 6.07) is 1.92. The first-order chi connectivity index (χ1) is 10.6. The number of amides is 2. The third kappa shape index (κ3) is 3.36. The van der Waals surface area contributed by atoms with Crippen LogP contribution in [-0.2, 0) is 4.79 Å². The van der Waals surface area contributed by atoms with E-state index in [-0.39, 0.29) is 17.9 Å². The zero-order valence-corrected chi connectivity index (χ0v) is 13.9. The van der Waals surface area contributed by atoms with Gasteiger partial charge in [0.25, 0.3) is 5.91 Å². The summed E-state index contributed by atoms with van der Waals surface area (Å²) in [6.07, 6.45) is 3.15. The van der Waals surface area contributed by atoms with E-state index in [9.17, 15) is 9.59 Å². The molecule has 1 atom stereocenters. The van der Waals surface area contributed by atoms with Crippen molar-refractivity contribution in [1.29, 1.82) is 0 Å². The molecule has 1 N–H and O–H groups in total. The summed E-state index contributed by atoms with van der Waals surface area (Å²) in [5, 5.41) is 7.81. The van der Waals surface area contributed by atoms with Gasteiger partial charge in [-0.15, -0.1) is 11.3 Å². The van der Waals surface area contributed by atoms with Gasteiger partial charge in [0.05, 0.1) is 6.20 Å². The van der Waals surface area contributed by atoms with Crippen molar-refractivity contribution in [3.05, 3.63) is 27.9 Å². The maximum absolute atomic E-state index is 12.3. The first-order valence-corrected chi connectivity index (χ1v) is 8.96. The van der Waals surface area contributed by atoms with E-state index in [1.165, 1.54) is 11.3 Å². The molecule has 1 unspecified atom stereocenters. The normalized spacial score (nSPS) is 16.0. The van der Waals surface area contributed by atoms with Crippen LogP contribution in [0.15, 0.2) is 23.0 Å². The van der Waals surface area contributed by atoms with E-state index in [2.05, 4.69) is 10.3 Å². The van der Waals surface area contributed by atoms with Gasteiger partial charge in [0.15, 0.2) is 0 Å². The SMILES string of the molecule is CC(CN1CCCC1=O)NC(=O)c1cnc(-c2ccsc2)s1. The molecule has 22 heavy (non-hydrogen) atoms. The van der Waals surface area contributed by atoms with Gasteiger partial charge < -0.3 is 10.2 Å². The molecule has 0 radical (unpaired) electrons. The van der Waals surface area contributed by atoms with E-state index in [0.29, 0.717) is 17.8 Å². The number of carbonyl (C=O) groups is 2. The predicted octanol–water partition coefficient (Wildman–Crippen LogP) is 2.61. The quantitative estimate of drug-likeness (QED) is 0.913. The van der Waals surface area contributed by atoms with Gasteiger partial charge >= 0.3 is 0 Å². The highest BCUT2D eigenvalue weighted by Crippen LogP contribution is 2.26. The second-order valence-corrected chi connectivity index (χ2v) is 7.17. The van der Waals surface area contributed by atoms with Crippen molar-refractivity contribution >= 4 is 34.5 Å². The Morgan fingerprint density at radius 1 is 1.55 bits per heavy atom. The molecule has 1 fully saturated rings. The van der Waals surface area contributed by atoms with Gasteiger partial charge in [-0.2, -0.15) is 11.3 Å². The highest BCUT2D eigenvalue weighted by molar-refractivity contribution is 7.17. The Morgan fingerprint density at radius 3 is 3.09 bits per heavy atom. The highest BCUT2D eigenvalue weighted by Gasteiger charge is 2.23. The number of nitrogens with one attached hydrogen (secondary N) is 1. The summed E-state index contributed by atoms with van der Waals surface area (Å²) in [5.74, 6) is 0.0526. The third-order valence-electron chi connectivity index (χ3n) is 3.54. The number of thiophene rings is 1. The van der Waals surface area contributed by atoms with Crippen molar-refractivity contribution in [2.45, 2.75) is 25.8 Å². The first kappa shape index (κ1) is 15.2. The standard InChI is InChI=1S/C15H17N3O2S2/c1-10(8-18-5-2-3-13(18)19)17-14(20)12-7-16-15(22-12)11-4-6-21-9-11/h4,6-7,9-10H,2-3,5,8H2,1H3,(H,17,20). The lowest BCUT2D eigenvalue weighted by atomic mass is 10.3. The Kier molecular flexibility index (Phi) is 4.54. The van der Waals surface area contributed by atoms with Crippen molar-refractivity contribution in [3.63, 3.8) is 0 Å². The fraction of sp³-hybridized carbons (Fsp3) is 0.400. The van der Waals surface area contributed by atoms with Crippen LogP contribution in [0, 0.1) is 0 Å². The van der Waals surface area contributed by atoms with Crippen molar-refractivity contribution in [1.82, 2.24) is 15.2 Å². The molecule has 3 heterocycles. The first-order valence-electron chi connectivity index (χ1n) is 7.20. The summed E-state index contributed by atoms with van der Waals surface area (Å²) in [7, 11) is 0. The fourth-order valence-corrected chi connectivity index (χ4v) is 4.00. The van der Waals surface area contributed by atoms with Gasteiger partial charge in [-0.05, 0) is 24.8 Å². The number of nitrogens with zero attached hydrogens (tertiary/aromatic N) is 2. The summed E-state index contributed by atoms with van der Waals surface area (Å²) < 4.78 is 0. The number of aromatic nitrogens is 1. The Morgan fingerprint density at radius 2 is 2.41 bits per heavy atom. The zero-order chi connectivity index (χ0) is 15.5. The van der Waals surface area contributed by atoms with Crippen LogP contribution in [0.5, 0.6) is 0 Å². The number of hydrogen-bond donors (Lipinski definition) is 1. The molecular formula is C15H17N3O2S2. The van der Waals surface area contributed by atoms with Gasteiger partial charge in [-0.3, -0.25) is 9.59 Å². The largest absolute Gasteiger partial charge is 0.347 e. The molecule has 0 bridgehead atoms. The van der Waals surface area contributed by atoms with Gasteiger partial charge in [-0.1, -0.05) is 0 Å². The van der Waals surface area contributed by atoms with Crippen LogP contribution >= 0.6 is 22.7 Å². The molecule has 0 aromatic carbocycles. The fourth-order valence-electron chi connectivity index (χ4n) is 2.47. The molecule has 1 aliphatic heterocycles. The minimum Gasteiger partial charge on any atom is -0.347 e. The molecule has 0 spiro atoms. The minimum atomic E-state index is -0.127. The summed E-state index contributed by atoms with van der Waals surface area (Å²) in [6.45, 7) is 3.28. The average molecular weight is 335 g/mol. The van der Waals surface area contributed by atoms with Gasteiger partial charge in [0.2, 0.25) is 5.91 Å². The molecule has 7 heteroatoms. The average Bonchev–Trinajstić information content (AvgIpc) is 3.19. The third-order valence-corrected chi connectivity index (χ3v) is 5.27.